The van der Waals surface area contributed by atoms with Crippen LogP contribution in [-0.2, 0) is 0 Å². The van der Waals surface area contributed by atoms with Crippen LogP contribution in [0.25, 0.3) is 0 Å². The van der Waals surface area contributed by atoms with E-state index < -0.39 is 0 Å². The Labute approximate surface area is 121 Å². The van der Waals surface area contributed by atoms with Gasteiger partial charge in [0.15, 0.2) is 11.6 Å². The van der Waals surface area contributed by atoms with E-state index in [9.17, 15) is 0 Å². The second-order valence-electron chi connectivity index (χ2n) is 5.39. The van der Waals surface area contributed by atoms with E-state index in [1.54, 1.807) is 13.4 Å². The first-order valence-electron chi connectivity index (χ1n) is 7.03. The third kappa shape index (κ3) is 4.52. The van der Waals surface area contributed by atoms with Crippen LogP contribution in [0.5, 0.6) is 5.75 Å². The number of likely N-dealkylation sites (N-methyl/N-ethyl adjacent to an activating group) is 1. The maximum Gasteiger partial charge on any atom is 0.204 e. The Morgan fingerprint density at radius 1 is 1.25 bits per heavy atom. The summed E-state index contributed by atoms with van der Waals surface area (Å²) < 4.78 is 5.45. The third-order valence-electron chi connectivity index (χ3n) is 3.04. The first kappa shape index (κ1) is 16.5. The van der Waals surface area contributed by atoms with Crippen molar-refractivity contribution in [2.75, 3.05) is 44.9 Å². The number of anilines is 2. The minimum Gasteiger partial charge on any atom is -0.490 e. The number of aromatic nitrogens is 2. The van der Waals surface area contributed by atoms with Crippen LogP contribution in [0.1, 0.15) is 20.8 Å². The van der Waals surface area contributed by atoms with Crippen molar-refractivity contribution in [2.24, 2.45) is 5.92 Å². The zero-order valence-corrected chi connectivity index (χ0v) is 13.4. The zero-order valence-electron chi connectivity index (χ0n) is 13.4. The molecule has 0 amide bonds. The Hall–Kier alpha value is -1.56. The van der Waals surface area contributed by atoms with E-state index >= 15 is 0 Å². The molecule has 114 valence electrons. The average Bonchev–Trinajstić information content (AvgIpc) is 2.38. The number of ether oxygens (including phenoxy) is 1. The molecule has 1 aromatic rings. The fraction of sp³-hybridized carbons (Fsp3) is 0.714. The Morgan fingerprint density at radius 2 is 1.90 bits per heavy atom. The van der Waals surface area contributed by atoms with Gasteiger partial charge in [0.05, 0.1) is 7.11 Å². The summed E-state index contributed by atoms with van der Waals surface area (Å²) in [6, 6.07) is 0.295. The van der Waals surface area contributed by atoms with Gasteiger partial charge in [0.1, 0.15) is 6.33 Å². The number of methoxy groups -OCH3 is 1. The van der Waals surface area contributed by atoms with Crippen LogP contribution in [0.4, 0.5) is 11.6 Å². The molecule has 1 atom stereocenters. The van der Waals surface area contributed by atoms with Gasteiger partial charge in [0, 0.05) is 19.1 Å². The van der Waals surface area contributed by atoms with Crippen molar-refractivity contribution in [1.29, 1.82) is 0 Å². The molecule has 1 aromatic heterocycles. The molecule has 1 heterocycles. The van der Waals surface area contributed by atoms with Gasteiger partial charge in [-0.05, 0) is 26.9 Å². The summed E-state index contributed by atoms with van der Waals surface area (Å²) in [4.78, 5) is 10.7. The standard InChI is InChI=1S/C14H27N5O/c1-7-15-13-12(20-6)14(17-9-16-13)18-11(10(2)3)8-19(4)5/h9-11H,7-8H2,1-6H3,(H2,15,16,17,18). The van der Waals surface area contributed by atoms with Gasteiger partial charge in [-0.3, -0.25) is 0 Å². The van der Waals surface area contributed by atoms with Crippen LogP contribution in [0, 0.1) is 5.92 Å². The van der Waals surface area contributed by atoms with Gasteiger partial charge < -0.3 is 20.3 Å². The highest BCUT2D eigenvalue weighted by Crippen LogP contribution is 2.29. The molecule has 0 bridgehead atoms. The highest BCUT2D eigenvalue weighted by atomic mass is 16.5. The number of rotatable bonds is 8. The molecule has 0 aromatic carbocycles. The lowest BCUT2D eigenvalue weighted by Crippen LogP contribution is -2.36. The Bertz CT molecular complexity index is 409. The molecule has 0 aliphatic heterocycles. The summed E-state index contributed by atoms with van der Waals surface area (Å²) in [6.07, 6.45) is 1.55. The van der Waals surface area contributed by atoms with Crippen LogP contribution in [0.3, 0.4) is 0 Å². The summed E-state index contributed by atoms with van der Waals surface area (Å²) in [7, 11) is 5.78. The topological polar surface area (TPSA) is 62.3 Å². The monoisotopic (exact) mass is 281 g/mol. The number of nitrogens with zero attached hydrogens (tertiary/aromatic N) is 3. The van der Waals surface area contributed by atoms with Crippen molar-refractivity contribution < 1.29 is 4.74 Å². The molecule has 2 N–H and O–H groups in total. The quantitative estimate of drug-likeness (QED) is 0.759. The van der Waals surface area contributed by atoms with Gasteiger partial charge in [0.2, 0.25) is 5.75 Å². The van der Waals surface area contributed by atoms with Gasteiger partial charge in [-0.2, -0.15) is 0 Å². The second kappa shape index (κ2) is 7.89. The highest BCUT2D eigenvalue weighted by molar-refractivity contribution is 5.63. The molecule has 0 spiro atoms. The molecule has 0 saturated heterocycles. The van der Waals surface area contributed by atoms with Gasteiger partial charge in [-0.25, -0.2) is 9.97 Å². The SMILES string of the molecule is CCNc1ncnc(NC(CN(C)C)C(C)C)c1OC. The largest absolute Gasteiger partial charge is 0.490 e. The maximum atomic E-state index is 5.45. The molecule has 0 aliphatic carbocycles. The predicted octanol–water partition coefficient (Wildman–Crippen LogP) is 1.92. The third-order valence-corrected chi connectivity index (χ3v) is 3.04. The van der Waals surface area contributed by atoms with Crippen molar-refractivity contribution in [3.63, 3.8) is 0 Å². The van der Waals surface area contributed by atoms with Crippen molar-refractivity contribution >= 4 is 11.6 Å². The van der Waals surface area contributed by atoms with Gasteiger partial charge in [0.25, 0.3) is 0 Å². The zero-order chi connectivity index (χ0) is 15.1. The molecule has 1 unspecified atom stereocenters. The summed E-state index contributed by atoms with van der Waals surface area (Å²) in [5.41, 5.74) is 0. The Morgan fingerprint density at radius 3 is 2.40 bits per heavy atom. The second-order valence-corrected chi connectivity index (χ2v) is 5.39. The van der Waals surface area contributed by atoms with Gasteiger partial charge in [-0.15, -0.1) is 0 Å². The molecular formula is C14H27N5O. The molecule has 0 aliphatic rings. The first-order chi connectivity index (χ1) is 9.49. The van der Waals surface area contributed by atoms with Crippen molar-refractivity contribution in [2.45, 2.75) is 26.8 Å². The minimum absolute atomic E-state index is 0.295. The van der Waals surface area contributed by atoms with E-state index in [0.717, 1.165) is 24.7 Å². The van der Waals surface area contributed by atoms with E-state index in [2.05, 4.69) is 53.4 Å². The van der Waals surface area contributed by atoms with Gasteiger partial charge in [-0.1, -0.05) is 13.8 Å². The molecule has 20 heavy (non-hydrogen) atoms. The summed E-state index contributed by atoms with van der Waals surface area (Å²) in [5, 5.41) is 6.65. The molecule has 0 radical (unpaired) electrons. The van der Waals surface area contributed by atoms with Crippen molar-refractivity contribution in [3.05, 3.63) is 6.33 Å². The Kier molecular flexibility index (Phi) is 6.51. The average molecular weight is 281 g/mol. The first-order valence-corrected chi connectivity index (χ1v) is 7.03. The summed E-state index contributed by atoms with van der Waals surface area (Å²) in [5.74, 6) is 2.61. The maximum absolute atomic E-state index is 5.45. The summed E-state index contributed by atoms with van der Waals surface area (Å²) in [6.45, 7) is 8.14. The minimum atomic E-state index is 0.295. The number of hydrogen-bond acceptors (Lipinski definition) is 6. The molecule has 1 rings (SSSR count). The fourth-order valence-corrected chi connectivity index (χ4v) is 1.96. The van der Waals surface area contributed by atoms with E-state index in [4.69, 9.17) is 4.74 Å². The number of hydrogen-bond donors (Lipinski definition) is 2. The molecule has 0 fully saturated rings. The highest BCUT2D eigenvalue weighted by Gasteiger charge is 2.19. The molecular weight excluding hydrogens is 254 g/mol. The number of nitrogens with one attached hydrogen (secondary N) is 2. The Balaban J connectivity index is 2.96. The van der Waals surface area contributed by atoms with Crippen LogP contribution in [-0.4, -0.2) is 55.2 Å². The van der Waals surface area contributed by atoms with Crippen LogP contribution >= 0.6 is 0 Å². The smallest absolute Gasteiger partial charge is 0.204 e. The van der Waals surface area contributed by atoms with Crippen LogP contribution in [0.2, 0.25) is 0 Å². The molecule has 6 heteroatoms. The normalized spacial score (nSPS) is 12.6. The predicted molar refractivity (Wildman–Crippen MR) is 83.6 cm³/mol. The van der Waals surface area contributed by atoms with Crippen LogP contribution in [0.15, 0.2) is 6.33 Å². The van der Waals surface area contributed by atoms with E-state index in [0.29, 0.717) is 17.7 Å². The molecule has 0 saturated carbocycles. The van der Waals surface area contributed by atoms with Crippen molar-refractivity contribution in [3.8, 4) is 5.75 Å². The van der Waals surface area contributed by atoms with Crippen LogP contribution < -0.4 is 15.4 Å². The lowest BCUT2D eigenvalue weighted by atomic mass is 10.0. The van der Waals surface area contributed by atoms with E-state index in [-0.39, 0.29) is 0 Å². The lowest BCUT2D eigenvalue weighted by molar-refractivity contribution is 0.342. The van der Waals surface area contributed by atoms with Gasteiger partial charge >= 0.3 is 0 Å². The summed E-state index contributed by atoms with van der Waals surface area (Å²) >= 11 is 0. The van der Waals surface area contributed by atoms with Crippen molar-refractivity contribution in [1.82, 2.24) is 14.9 Å². The fourth-order valence-electron chi connectivity index (χ4n) is 1.96. The van der Waals surface area contributed by atoms with E-state index in [1.165, 1.54) is 0 Å². The lowest BCUT2D eigenvalue weighted by Gasteiger charge is -2.27. The molecule has 6 nitrogen and oxygen atoms in total. The van der Waals surface area contributed by atoms with E-state index in [1.807, 2.05) is 6.92 Å².